The van der Waals surface area contributed by atoms with Crippen molar-refractivity contribution >= 4 is 29.5 Å². The summed E-state index contributed by atoms with van der Waals surface area (Å²) in [5.74, 6) is -2.40. The van der Waals surface area contributed by atoms with Crippen molar-refractivity contribution in [3.8, 4) is 0 Å². The van der Waals surface area contributed by atoms with Crippen molar-refractivity contribution in [3.63, 3.8) is 0 Å². The van der Waals surface area contributed by atoms with Crippen LogP contribution in [0.25, 0.3) is 0 Å². The van der Waals surface area contributed by atoms with Gasteiger partial charge in [0.25, 0.3) is 0 Å². The van der Waals surface area contributed by atoms with Crippen molar-refractivity contribution in [2.75, 3.05) is 120 Å². The SMILES string of the molecule is CC[C@H](C)[C@@H]([C@@H](CC(=O)N1CCC[C@H]1[C@H](OC)[C@@H](C)C(=O)NCC1(c2ccccc2)CC1)OC)N(C)C(=O)[C@@H](NC(=O)C(C)(C)NC(=O)CCOCCOCCOCCOCCOCCOCCN)C(C)C. The first-order chi connectivity index (χ1) is 34.5. The second-order valence-electron chi connectivity index (χ2n) is 20.0. The fourth-order valence-corrected chi connectivity index (χ4v) is 9.21. The van der Waals surface area contributed by atoms with Crippen LogP contribution in [0.2, 0.25) is 0 Å². The van der Waals surface area contributed by atoms with Gasteiger partial charge >= 0.3 is 0 Å². The number of nitrogens with one attached hydrogen (secondary N) is 3. The summed E-state index contributed by atoms with van der Waals surface area (Å²) >= 11 is 0. The molecule has 1 saturated carbocycles. The highest BCUT2D eigenvalue weighted by Gasteiger charge is 2.46. The van der Waals surface area contributed by atoms with Gasteiger partial charge in [-0.05, 0) is 56.9 Å². The van der Waals surface area contributed by atoms with E-state index in [-0.39, 0.29) is 73.0 Å². The summed E-state index contributed by atoms with van der Waals surface area (Å²) in [6, 6.07) is 8.50. The molecule has 72 heavy (non-hydrogen) atoms. The molecular weight excluding hydrogens is 929 g/mol. The molecule has 19 heteroatoms. The molecule has 1 aliphatic carbocycles. The number of likely N-dealkylation sites (tertiary alicyclic amines) is 1. The van der Waals surface area contributed by atoms with Gasteiger partial charge in [-0.25, -0.2) is 0 Å². The summed E-state index contributed by atoms with van der Waals surface area (Å²) in [5, 5.41) is 8.89. The lowest BCUT2D eigenvalue weighted by molar-refractivity contribution is -0.148. The van der Waals surface area contributed by atoms with Crippen LogP contribution in [0.5, 0.6) is 0 Å². The second kappa shape index (κ2) is 33.2. The smallest absolute Gasteiger partial charge is 0.245 e. The third-order valence-electron chi connectivity index (χ3n) is 13.9. The molecule has 1 aromatic rings. The summed E-state index contributed by atoms with van der Waals surface area (Å²) in [7, 11) is 4.83. The van der Waals surface area contributed by atoms with Crippen molar-refractivity contribution < 1.29 is 61.9 Å². The summed E-state index contributed by atoms with van der Waals surface area (Å²) in [6.45, 7) is 19.2. The van der Waals surface area contributed by atoms with Crippen LogP contribution in [0.15, 0.2) is 30.3 Å². The first-order valence-corrected chi connectivity index (χ1v) is 26.2. The van der Waals surface area contributed by atoms with E-state index in [1.165, 1.54) is 5.56 Å². The maximum absolute atomic E-state index is 14.5. The fourth-order valence-electron chi connectivity index (χ4n) is 9.21. The van der Waals surface area contributed by atoms with Crippen LogP contribution in [-0.4, -0.2) is 195 Å². The highest BCUT2D eigenvalue weighted by atomic mass is 16.6. The first kappa shape index (κ1) is 62.5. The standard InChI is InChI=1S/C53H92N6O13/c1-11-39(4)47(43(65-9)36-45(61)59-23-15-18-42(59)48(66-10)40(5)49(62)55-37-53(20-21-53)41-16-13-12-14-17-41)58(8)50(63)46(38(2)3)56-51(64)52(6,7)57-44(60)19-24-67-26-28-69-30-32-71-34-35-72-33-31-70-29-27-68-25-22-54/h12-14,16-17,38-40,42-43,46-48H,11,15,18-37,54H2,1-10H3,(H,55,62)(H,56,64)(H,57,60)/t39-,40+,42-,43+,46-,47-,48+/m0/s1. The third-order valence-corrected chi connectivity index (χ3v) is 13.9. The Morgan fingerprint density at radius 2 is 1.35 bits per heavy atom. The zero-order chi connectivity index (χ0) is 53.1. The van der Waals surface area contributed by atoms with Gasteiger partial charge in [-0.3, -0.25) is 24.0 Å². The number of hydrogen-bond donors (Lipinski definition) is 4. The molecule has 1 saturated heterocycles. The normalized spacial score (nSPS) is 17.9. The van der Waals surface area contributed by atoms with Crippen molar-refractivity contribution in [2.45, 2.75) is 135 Å². The Kier molecular flexibility index (Phi) is 28.8. The number of benzene rings is 1. The van der Waals surface area contributed by atoms with Gasteiger partial charge in [0.05, 0.1) is 116 Å². The number of carbonyl (C=O) groups excluding carboxylic acids is 5. The van der Waals surface area contributed by atoms with E-state index >= 15 is 0 Å². The molecule has 0 bridgehead atoms. The van der Waals surface area contributed by atoms with Crippen LogP contribution < -0.4 is 21.7 Å². The minimum atomic E-state index is -1.35. The van der Waals surface area contributed by atoms with Gasteiger partial charge in [-0.1, -0.05) is 71.4 Å². The zero-order valence-corrected chi connectivity index (χ0v) is 45.3. The summed E-state index contributed by atoms with van der Waals surface area (Å²) in [5.41, 5.74) is 5.20. The predicted molar refractivity (Wildman–Crippen MR) is 274 cm³/mol. The Hall–Kier alpha value is -3.79. The van der Waals surface area contributed by atoms with E-state index in [4.69, 9.17) is 43.6 Å². The Morgan fingerprint density at radius 1 is 0.806 bits per heavy atom. The topological polar surface area (TPSA) is 228 Å². The number of hydrogen-bond acceptors (Lipinski definition) is 14. The maximum Gasteiger partial charge on any atom is 0.245 e. The molecular formula is C53H92N6O13. The fraction of sp³-hybridized carbons (Fsp3) is 0.792. The summed E-state index contributed by atoms with van der Waals surface area (Å²) in [4.78, 5) is 72.6. The van der Waals surface area contributed by atoms with Crippen molar-refractivity contribution in [2.24, 2.45) is 23.5 Å². The van der Waals surface area contributed by atoms with Gasteiger partial charge in [0.2, 0.25) is 29.5 Å². The Balaban J connectivity index is 1.46. The molecule has 0 radical (unpaired) electrons. The van der Waals surface area contributed by atoms with E-state index in [0.717, 1.165) is 19.3 Å². The molecule has 5 amide bonds. The Morgan fingerprint density at radius 3 is 1.83 bits per heavy atom. The van der Waals surface area contributed by atoms with Crippen molar-refractivity contribution in [1.29, 1.82) is 0 Å². The van der Waals surface area contributed by atoms with E-state index in [9.17, 15) is 24.0 Å². The molecule has 0 unspecified atom stereocenters. The van der Waals surface area contributed by atoms with Crippen LogP contribution in [0.4, 0.5) is 0 Å². The van der Waals surface area contributed by atoms with E-state index in [1.807, 2.05) is 57.7 Å². The number of nitrogens with two attached hydrogens (primary N) is 1. The van der Waals surface area contributed by atoms with E-state index < -0.39 is 41.7 Å². The van der Waals surface area contributed by atoms with Gasteiger partial charge in [-0.2, -0.15) is 0 Å². The number of nitrogens with zero attached hydrogens (tertiary/aromatic N) is 2. The lowest BCUT2D eigenvalue weighted by Gasteiger charge is -2.41. The highest BCUT2D eigenvalue weighted by Crippen LogP contribution is 2.47. The van der Waals surface area contributed by atoms with Crippen LogP contribution in [-0.2, 0) is 67.3 Å². The molecule has 1 aliphatic heterocycles. The average Bonchev–Trinajstić information content (AvgIpc) is 4.01. The Bertz CT molecular complexity index is 1740. The zero-order valence-electron chi connectivity index (χ0n) is 45.3. The predicted octanol–water partition coefficient (Wildman–Crippen LogP) is 3.24. The molecule has 1 aromatic carbocycles. The average molecular weight is 1020 g/mol. The second-order valence-corrected chi connectivity index (χ2v) is 20.0. The van der Waals surface area contributed by atoms with Gasteiger partial charge in [-0.15, -0.1) is 0 Å². The van der Waals surface area contributed by atoms with Gasteiger partial charge in [0, 0.05) is 52.7 Å². The minimum Gasteiger partial charge on any atom is -0.379 e. The molecule has 19 nitrogen and oxygen atoms in total. The number of carbonyl (C=O) groups is 5. The van der Waals surface area contributed by atoms with Crippen LogP contribution in [0.1, 0.15) is 99.0 Å². The van der Waals surface area contributed by atoms with Gasteiger partial charge in [0.15, 0.2) is 0 Å². The molecule has 5 N–H and O–H groups in total. The lowest BCUT2D eigenvalue weighted by atomic mass is 9.89. The molecule has 2 aliphatic rings. The minimum absolute atomic E-state index is 0.00203. The van der Waals surface area contributed by atoms with Gasteiger partial charge < -0.3 is 69.4 Å². The maximum atomic E-state index is 14.5. The molecule has 7 atom stereocenters. The molecule has 2 fully saturated rings. The quantitative estimate of drug-likeness (QED) is 0.0695. The van der Waals surface area contributed by atoms with Crippen LogP contribution in [0, 0.1) is 17.8 Å². The number of amides is 5. The van der Waals surface area contributed by atoms with Crippen molar-refractivity contribution in [3.05, 3.63) is 35.9 Å². The molecule has 3 rings (SSSR count). The third kappa shape index (κ3) is 20.5. The molecule has 1 heterocycles. The first-order valence-electron chi connectivity index (χ1n) is 26.2. The van der Waals surface area contributed by atoms with Crippen LogP contribution in [0.3, 0.4) is 0 Å². The van der Waals surface area contributed by atoms with Gasteiger partial charge in [0.1, 0.15) is 11.6 Å². The number of rotatable bonds is 39. The summed E-state index contributed by atoms with van der Waals surface area (Å²) < 4.78 is 44.8. The number of ether oxygens (including phenoxy) is 8. The monoisotopic (exact) mass is 1020 g/mol. The van der Waals surface area contributed by atoms with Crippen molar-refractivity contribution in [1.82, 2.24) is 25.8 Å². The van der Waals surface area contributed by atoms with Crippen LogP contribution >= 0.6 is 0 Å². The highest BCUT2D eigenvalue weighted by molar-refractivity contribution is 5.94. The molecule has 0 spiro atoms. The number of likely N-dealkylation sites (N-methyl/N-ethyl adjacent to an activating group) is 1. The lowest BCUT2D eigenvalue weighted by Crippen LogP contribution is -2.62. The van der Waals surface area contributed by atoms with E-state index in [2.05, 4.69) is 28.1 Å². The number of methoxy groups -OCH3 is 2. The molecule has 412 valence electrons. The van der Waals surface area contributed by atoms with E-state index in [1.54, 1.807) is 40.0 Å². The Labute approximate surface area is 430 Å². The largest absolute Gasteiger partial charge is 0.379 e. The summed E-state index contributed by atoms with van der Waals surface area (Å²) in [6.07, 6.45) is 3.02. The van der Waals surface area contributed by atoms with E-state index in [0.29, 0.717) is 98.5 Å². The molecule has 0 aromatic heterocycles.